The van der Waals surface area contributed by atoms with Crippen molar-refractivity contribution in [2.75, 3.05) is 0 Å². The maximum Gasteiger partial charge on any atom is 0.426 e. The largest absolute Gasteiger partial charge is 0.479 e. The number of alkyl halides is 3. The fraction of sp³-hybridized carbons (Fsp3) is 0.200. The van der Waals surface area contributed by atoms with E-state index in [1.165, 1.54) is 31.2 Å². The first-order valence-electron chi connectivity index (χ1n) is 6.42. The number of carboxylic acids is 1. The van der Waals surface area contributed by atoms with Crippen LogP contribution in [0.25, 0.3) is 0 Å². The second kappa shape index (κ2) is 5.79. The molecule has 1 aromatic carbocycles. The van der Waals surface area contributed by atoms with Gasteiger partial charge in [0, 0.05) is 11.1 Å². The highest BCUT2D eigenvalue weighted by Gasteiger charge is 2.64. The van der Waals surface area contributed by atoms with E-state index in [1.54, 1.807) is 11.4 Å². The molecular weight excluding hydrogens is 315 g/mol. The van der Waals surface area contributed by atoms with Crippen LogP contribution in [-0.4, -0.2) is 23.2 Å². The van der Waals surface area contributed by atoms with E-state index < -0.39 is 29.2 Å². The van der Waals surface area contributed by atoms with E-state index in [4.69, 9.17) is 4.42 Å². The van der Waals surface area contributed by atoms with Gasteiger partial charge in [0.1, 0.15) is 5.76 Å². The highest BCUT2D eigenvalue weighted by molar-refractivity contribution is 5.98. The summed E-state index contributed by atoms with van der Waals surface area (Å²) in [5.41, 5.74) is -4.37. The highest BCUT2D eigenvalue weighted by atomic mass is 19.4. The second-order valence-electron chi connectivity index (χ2n) is 4.76. The number of carboxylic acid groups (broad SMARTS) is 1. The van der Waals surface area contributed by atoms with Crippen molar-refractivity contribution in [3.8, 4) is 0 Å². The predicted octanol–water partition coefficient (Wildman–Crippen LogP) is 2.86. The van der Waals surface area contributed by atoms with Gasteiger partial charge in [0.05, 0.1) is 6.26 Å². The van der Waals surface area contributed by atoms with Crippen LogP contribution in [0.3, 0.4) is 0 Å². The van der Waals surface area contributed by atoms with Crippen LogP contribution < -0.4 is 5.32 Å². The summed E-state index contributed by atoms with van der Waals surface area (Å²) >= 11 is 0. The van der Waals surface area contributed by atoms with Gasteiger partial charge in [0.15, 0.2) is 0 Å². The SMILES string of the molecule is Cc1occc1[C@@](NC(=O)c1ccccc1)(C(=O)O)C(F)(F)F. The minimum absolute atomic E-state index is 0.0940. The maximum atomic E-state index is 13.6. The monoisotopic (exact) mass is 327 g/mol. The van der Waals surface area contributed by atoms with E-state index in [9.17, 15) is 27.9 Å². The molecule has 122 valence electrons. The van der Waals surface area contributed by atoms with Crippen LogP contribution in [0.2, 0.25) is 0 Å². The number of benzene rings is 1. The number of carbonyl (C=O) groups excluding carboxylic acids is 1. The molecule has 1 heterocycles. The van der Waals surface area contributed by atoms with E-state index in [1.807, 2.05) is 0 Å². The molecule has 5 nitrogen and oxygen atoms in total. The number of amides is 1. The summed E-state index contributed by atoms with van der Waals surface area (Å²) in [4.78, 5) is 23.6. The molecule has 2 N–H and O–H groups in total. The first-order chi connectivity index (χ1) is 10.7. The number of aliphatic carboxylic acids is 1. The van der Waals surface area contributed by atoms with Crippen LogP contribution in [-0.2, 0) is 10.3 Å². The van der Waals surface area contributed by atoms with Crippen LogP contribution >= 0.6 is 0 Å². The summed E-state index contributed by atoms with van der Waals surface area (Å²) in [6.07, 6.45) is -4.35. The molecule has 1 atom stereocenters. The molecule has 0 aliphatic heterocycles. The third-order valence-electron chi connectivity index (χ3n) is 3.35. The lowest BCUT2D eigenvalue weighted by Crippen LogP contribution is -2.61. The molecule has 0 saturated carbocycles. The van der Waals surface area contributed by atoms with E-state index in [2.05, 4.69) is 0 Å². The van der Waals surface area contributed by atoms with Gasteiger partial charge < -0.3 is 14.8 Å². The van der Waals surface area contributed by atoms with E-state index in [0.717, 1.165) is 12.3 Å². The summed E-state index contributed by atoms with van der Waals surface area (Å²) in [7, 11) is 0. The molecule has 8 heteroatoms. The summed E-state index contributed by atoms with van der Waals surface area (Å²) in [5, 5.41) is 10.9. The molecule has 23 heavy (non-hydrogen) atoms. The van der Waals surface area contributed by atoms with Gasteiger partial charge in [0.25, 0.3) is 11.4 Å². The summed E-state index contributed by atoms with van der Waals surface area (Å²) in [6.45, 7) is 1.19. The van der Waals surface area contributed by atoms with E-state index >= 15 is 0 Å². The predicted molar refractivity (Wildman–Crippen MR) is 72.7 cm³/mol. The zero-order valence-electron chi connectivity index (χ0n) is 11.8. The normalized spacial score (nSPS) is 14.1. The Balaban J connectivity index is 2.57. The fourth-order valence-electron chi connectivity index (χ4n) is 2.19. The minimum Gasteiger partial charge on any atom is -0.479 e. The molecule has 0 fully saturated rings. The molecule has 0 aliphatic carbocycles. The fourth-order valence-corrected chi connectivity index (χ4v) is 2.19. The van der Waals surface area contributed by atoms with Gasteiger partial charge in [-0.2, -0.15) is 13.2 Å². The number of halogens is 3. The number of nitrogens with one attached hydrogen (secondary N) is 1. The average molecular weight is 327 g/mol. The van der Waals surface area contributed by atoms with Crippen LogP contribution in [0.1, 0.15) is 21.7 Å². The molecule has 2 aromatic rings. The zero-order chi connectivity index (χ0) is 17.3. The van der Waals surface area contributed by atoms with Crippen molar-refractivity contribution >= 4 is 11.9 Å². The number of furan rings is 1. The van der Waals surface area contributed by atoms with Gasteiger partial charge >= 0.3 is 12.1 Å². The Morgan fingerprint density at radius 3 is 2.17 bits per heavy atom. The third-order valence-corrected chi connectivity index (χ3v) is 3.35. The van der Waals surface area contributed by atoms with Gasteiger partial charge in [-0.05, 0) is 25.1 Å². The Kier molecular flexibility index (Phi) is 4.18. The van der Waals surface area contributed by atoms with Crippen molar-refractivity contribution in [3.05, 3.63) is 59.5 Å². The Labute approximate surface area is 128 Å². The zero-order valence-corrected chi connectivity index (χ0v) is 11.8. The van der Waals surface area contributed by atoms with Crippen molar-refractivity contribution in [1.82, 2.24) is 5.32 Å². The summed E-state index contributed by atoms with van der Waals surface area (Å²) in [5.74, 6) is -3.66. The number of rotatable bonds is 4. The molecule has 0 bridgehead atoms. The molecule has 0 aliphatic rings. The molecule has 2 rings (SSSR count). The minimum atomic E-state index is -5.28. The summed E-state index contributed by atoms with van der Waals surface area (Å²) < 4.78 is 45.6. The molecule has 1 aromatic heterocycles. The van der Waals surface area contributed by atoms with Crippen LogP contribution in [0.15, 0.2) is 47.1 Å². The van der Waals surface area contributed by atoms with Crippen molar-refractivity contribution in [2.45, 2.75) is 18.6 Å². The van der Waals surface area contributed by atoms with Crippen molar-refractivity contribution < 1.29 is 32.3 Å². The Hall–Kier alpha value is -2.77. The van der Waals surface area contributed by atoms with Gasteiger partial charge in [-0.15, -0.1) is 0 Å². The third kappa shape index (κ3) is 2.79. The van der Waals surface area contributed by atoms with Crippen molar-refractivity contribution in [1.29, 1.82) is 0 Å². The second-order valence-corrected chi connectivity index (χ2v) is 4.76. The number of carbonyl (C=O) groups is 2. The lowest BCUT2D eigenvalue weighted by molar-refractivity contribution is -0.211. The number of hydrogen-bond acceptors (Lipinski definition) is 3. The maximum absolute atomic E-state index is 13.6. The molecule has 0 unspecified atom stereocenters. The first-order valence-corrected chi connectivity index (χ1v) is 6.42. The number of hydrogen-bond donors (Lipinski definition) is 2. The highest BCUT2D eigenvalue weighted by Crippen LogP contribution is 2.41. The first kappa shape index (κ1) is 16.6. The quantitative estimate of drug-likeness (QED) is 0.905. The average Bonchev–Trinajstić information content (AvgIpc) is 2.90. The van der Waals surface area contributed by atoms with E-state index in [-0.39, 0.29) is 11.3 Å². The van der Waals surface area contributed by atoms with Crippen LogP contribution in [0, 0.1) is 6.92 Å². The van der Waals surface area contributed by atoms with Gasteiger partial charge in [0.2, 0.25) is 0 Å². The Morgan fingerprint density at radius 1 is 1.13 bits per heavy atom. The Morgan fingerprint density at radius 2 is 1.74 bits per heavy atom. The molecule has 0 spiro atoms. The van der Waals surface area contributed by atoms with Gasteiger partial charge in [-0.25, -0.2) is 4.79 Å². The van der Waals surface area contributed by atoms with Crippen molar-refractivity contribution in [3.63, 3.8) is 0 Å². The summed E-state index contributed by atoms with van der Waals surface area (Å²) in [6, 6.07) is 7.91. The molecular formula is C15H12F3NO4. The van der Waals surface area contributed by atoms with Crippen LogP contribution in [0.4, 0.5) is 13.2 Å². The molecule has 1 amide bonds. The van der Waals surface area contributed by atoms with Crippen molar-refractivity contribution in [2.24, 2.45) is 0 Å². The number of aryl methyl sites for hydroxylation is 1. The lowest BCUT2D eigenvalue weighted by atomic mass is 9.88. The van der Waals surface area contributed by atoms with Crippen LogP contribution in [0.5, 0.6) is 0 Å². The smallest absolute Gasteiger partial charge is 0.426 e. The standard InChI is InChI=1S/C15H12F3NO4/c1-9-11(7-8-23-9)14(13(21)22,15(16,17)18)19-12(20)10-5-3-2-4-6-10/h2-8H,1H3,(H,19,20)(H,21,22)/t14-/m1/s1. The van der Waals surface area contributed by atoms with Gasteiger partial charge in [-0.1, -0.05) is 18.2 Å². The van der Waals surface area contributed by atoms with Gasteiger partial charge in [-0.3, -0.25) is 4.79 Å². The molecule has 0 radical (unpaired) electrons. The topological polar surface area (TPSA) is 79.5 Å². The molecule has 0 saturated heterocycles. The Bertz CT molecular complexity index is 724. The lowest BCUT2D eigenvalue weighted by Gasteiger charge is -2.32. The van der Waals surface area contributed by atoms with E-state index in [0.29, 0.717) is 0 Å².